The fraction of sp³-hybridized carbons (Fsp3) is 0.462. The van der Waals surface area contributed by atoms with Crippen LogP contribution >= 0.6 is 0 Å². The lowest BCUT2D eigenvalue weighted by Gasteiger charge is -2.21. The number of carbonyl (C=O) groups is 4. The normalized spacial score (nSPS) is 43.6. The summed E-state index contributed by atoms with van der Waals surface area (Å²) in [6.45, 7) is 1.90. The van der Waals surface area contributed by atoms with Crippen LogP contribution in [0.2, 0.25) is 0 Å². The summed E-state index contributed by atoms with van der Waals surface area (Å²) < 4.78 is 0. The van der Waals surface area contributed by atoms with E-state index in [4.69, 9.17) is 0 Å². The van der Waals surface area contributed by atoms with Crippen LogP contribution in [-0.4, -0.2) is 23.4 Å². The summed E-state index contributed by atoms with van der Waals surface area (Å²) in [6, 6.07) is 5.38. The highest BCUT2D eigenvalue weighted by Crippen LogP contribution is 2.57. The van der Waals surface area contributed by atoms with Gasteiger partial charge in [-0.2, -0.15) is 0 Å². The van der Waals surface area contributed by atoms with E-state index >= 15 is 0 Å². The number of hydrogen-bond acceptors (Lipinski definition) is 4. The summed E-state index contributed by atoms with van der Waals surface area (Å²) in [7, 11) is 0. The monoisotopic (exact) mass is 413 g/mol. The molecule has 6 aliphatic rings. The molecular weight excluding hydrogens is 390 g/mol. The van der Waals surface area contributed by atoms with Gasteiger partial charge in [-0.25, -0.2) is 0 Å². The molecule has 8 atom stereocenters. The van der Waals surface area contributed by atoms with E-state index in [0.717, 1.165) is 18.4 Å². The molecule has 1 saturated heterocycles. The Balaban J connectivity index is 1.27. The maximum Gasteiger partial charge on any atom is 0.238 e. The zero-order valence-corrected chi connectivity index (χ0v) is 17.2. The average molecular weight is 413 g/mol. The van der Waals surface area contributed by atoms with Gasteiger partial charge in [-0.1, -0.05) is 30.4 Å². The van der Waals surface area contributed by atoms with E-state index in [2.05, 4.69) is 24.3 Å². The van der Waals surface area contributed by atoms with Gasteiger partial charge in [0.25, 0.3) is 0 Å². The fourth-order valence-corrected chi connectivity index (χ4v) is 7.66. The van der Waals surface area contributed by atoms with E-state index in [1.54, 1.807) is 12.1 Å². The topological polar surface area (TPSA) is 71.5 Å². The maximum atomic E-state index is 13.3. The van der Waals surface area contributed by atoms with Gasteiger partial charge in [0.05, 0.1) is 17.5 Å². The number of hydrogen-bond donors (Lipinski definition) is 0. The number of anilines is 1. The minimum absolute atomic E-state index is 0.0188. The van der Waals surface area contributed by atoms with Crippen molar-refractivity contribution in [3.8, 4) is 0 Å². The lowest BCUT2D eigenvalue weighted by Crippen LogP contribution is -2.33. The van der Waals surface area contributed by atoms with E-state index in [0.29, 0.717) is 11.3 Å². The number of imide groups is 1. The summed E-state index contributed by atoms with van der Waals surface area (Å²) >= 11 is 0. The van der Waals surface area contributed by atoms with Gasteiger partial charge in [-0.05, 0) is 66.7 Å². The number of allylic oxidation sites excluding steroid dienone is 4. The lowest BCUT2D eigenvalue weighted by atomic mass is 9.85. The number of fused-ring (bicyclic) bond motifs is 10. The first kappa shape index (κ1) is 17.8. The Labute approximate surface area is 180 Å². The predicted octanol–water partition coefficient (Wildman–Crippen LogP) is 2.98. The van der Waals surface area contributed by atoms with Gasteiger partial charge in [0.2, 0.25) is 11.8 Å². The molecule has 2 amide bonds. The number of carbonyl (C=O) groups excluding carboxylic acids is 4. The van der Waals surface area contributed by atoms with Crippen molar-refractivity contribution >= 4 is 29.1 Å². The Morgan fingerprint density at radius 3 is 1.71 bits per heavy atom. The Hall–Kier alpha value is -2.82. The quantitative estimate of drug-likeness (QED) is 0.425. The van der Waals surface area contributed by atoms with Gasteiger partial charge in [-0.3, -0.25) is 24.1 Å². The zero-order valence-electron chi connectivity index (χ0n) is 17.2. The van der Waals surface area contributed by atoms with Gasteiger partial charge < -0.3 is 0 Å². The van der Waals surface area contributed by atoms with Crippen LogP contribution in [0.3, 0.4) is 0 Å². The summed E-state index contributed by atoms with van der Waals surface area (Å²) in [5.41, 5.74) is 2.03. The van der Waals surface area contributed by atoms with Gasteiger partial charge in [-0.15, -0.1) is 0 Å². The molecule has 31 heavy (non-hydrogen) atoms. The average Bonchev–Trinajstić information content (AvgIpc) is 3.57. The molecule has 5 heteroatoms. The van der Waals surface area contributed by atoms with Crippen LogP contribution in [0, 0.1) is 54.3 Å². The summed E-state index contributed by atoms with van der Waals surface area (Å²) in [4.78, 5) is 54.4. The Bertz CT molecular complexity index is 1100. The van der Waals surface area contributed by atoms with Crippen LogP contribution in [0.4, 0.5) is 5.69 Å². The van der Waals surface area contributed by atoms with Gasteiger partial charge in [0.1, 0.15) is 5.92 Å². The van der Waals surface area contributed by atoms with Crippen molar-refractivity contribution < 1.29 is 19.2 Å². The van der Waals surface area contributed by atoms with Gasteiger partial charge >= 0.3 is 0 Å². The largest absolute Gasteiger partial charge is 0.298 e. The number of rotatable bonds is 2. The molecule has 1 aromatic carbocycles. The van der Waals surface area contributed by atoms with Crippen molar-refractivity contribution in [2.75, 3.05) is 4.90 Å². The summed E-state index contributed by atoms with van der Waals surface area (Å²) in [5, 5.41) is 0. The maximum absolute atomic E-state index is 13.3. The highest BCUT2D eigenvalue weighted by Gasteiger charge is 2.61. The number of ketones is 2. The molecule has 156 valence electrons. The smallest absolute Gasteiger partial charge is 0.238 e. The summed E-state index contributed by atoms with van der Waals surface area (Å²) in [5.74, 6) is -1.25. The molecule has 5 aliphatic carbocycles. The Morgan fingerprint density at radius 1 is 0.710 bits per heavy atom. The highest BCUT2D eigenvalue weighted by molar-refractivity contribution is 6.23. The number of benzene rings is 1. The second kappa shape index (κ2) is 5.70. The first-order chi connectivity index (χ1) is 15.0. The third-order valence-corrected chi connectivity index (χ3v) is 8.99. The van der Waals surface area contributed by atoms with Crippen LogP contribution < -0.4 is 4.90 Å². The summed E-state index contributed by atoms with van der Waals surface area (Å²) in [6.07, 6.45) is 10.2. The third-order valence-electron chi connectivity index (χ3n) is 8.99. The molecular formula is C26H23NO4. The van der Waals surface area contributed by atoms with Gasteiger partial charge in [0, 0.05) is 11.8 Å². The molecule has 1 heterocycles. The van der Waals surface area contributed by atoms with Crippen molar-refractivity contribution in [1.82, 2.24) is 0 Å². The van der Waals surface area contributed by atoms with E-state index in [9.17, 15) is 19.2 Å². The van der Waals surface area contributed by atoms with Crippen LogP contribution in [-0.2, 0) is 19.2 Å². The molecule has 1 aromatic rings. The van der Waals surface area contributed by atoms with Crippen LogP contribution in [0.1, 0.15) is 29.9 Å². The molecule has 1 aliphatic heterocycles. The molecule has 5 nitrogen and oxygen atoms in total. The standard InChI is InChI=1S/C26H23NO4/c1-11-2-7-16(27-25(30)20-14-5-6-15(9-14)21(20)26(27)31)10-17(11)22-23(28)18-12-3-4-13(8-12)19(18)24(22)29/h2-7,10,12-15,18-22H,8-9H2,1H3. The first-order valence-corrected chi connectivity index (χ1v) is 11.4. The van der Waals surface area contributed by atoms with Crippen molar-refractivity contribution in [3.63, 3.8) is 0 Å². The second-order valence-corrected chi connectivity index (χ2v) is 10.3. The molecule has 0 N–H and O–H groups in total. The SMILES string of the molecule is Cc1ccc(N2C(=O)C3C4C=CC(C4)C3C2=O)cc1C1C(=O)C2C3C=CC(C3)C2C1=O. The second-order valence-electron chi connectivity index (χ2n) is 10.3. The number of nitrogens with zero attached hydrogens (tertiary/aromatic N) is 1. The van der Waals surface area contributed by atoms with Crippen molar-refractivity contribution in [3.05, 3.63) is 53.6 Å². The van der Waals surface area contributed by atoms with Crippen LogP contribution in [0.5, 0.6) is 0 Å². The third kappa shape index (κ3) is 2.03. The van der Waals surface area contributed by atoms with Crippen LogP contribution in [0.15, 0.2) is 42.5 Å². The molecule has 8 unspecified atom stereocenters. The van der Waals surface area contributed by atoms with E-state index < -0.39 is 5.92 Å². The van der Waals surface area contributed by atoms with E-state index in [1.807, 2.05) is 13.0 Å². The zero-order chi connectivity index (χ0) is 21.2. The highest BCUT2D eigenvalue weighted by atomic mass is 16.2. The Kier molecular flexibility index (Phi) is 3.28. The minimum atomic E-state index is -0.773. The van der Waals surface area contributed by atoms with E-state index in [1.165, 1.54) is 4.90 Å². The number of amides is 2. The number of Topliss-reactive ketones (excluding diaryl/α,β-unsaturated/α-hetero) is 2. The molecule has 7 rings (SSSR count). The van der Waals surface area contributed by atoms with Gasteiger partial charge in [0.15, 0.2) is 11.6 Å². The van der Waals surface area contributed by atoms with E-state index in [-0.39, 0.29) is 70.7 Å². The molecule has 0 radical (unpaired) electrons. The molecule has 4 bridgehead atoms. The van der Waals surface area contributed by atoms with Crippen molar-refractivity contribution in [1.29, 1.82) is 0 Å². The van der Waals surface area contributed by atoms with Crippen LogP contribution in [0.25, 0.3) is 0 Å². The fourth-order valence-electron chi connectivity index (χ4n) is 7.66. The molecule has 0 spiro atoms. The molecule has 0 aromatic heterocycles. The predicted molar refractivity (Wildman–Crippen MR) is 112 cm³/mol. The molecule has 3 saturated carbocycles. The van der Waals surface area contributed by atoms with Crippen molar-refractivity contribution in [2.24, 2.45) is 47.3 Å². The lowest BCUT2D eigenvalue weighted by molar-refractivity contribution is -0.126. The molecule has 4 fully saturated rings. The number of aryl methyl sites for hydroxylation is 1. The minimum Gasteiger partial charge on any atom is -0.298 e. The first-order valence-electron chi connectivity index (χ1n) is 11.4. The van der Waals surface area contributed by atoms with Crippen molar-refractivity contribution in [2.45, 2.75) is 25.7 Å². The Morgan fingerprint density at radius 2 is 1.19 bits per heavy atom.